The lowest BCUT2D eigenvalue weighted by Crippen LogP contribution is -2.52. The van der Waals surface area contributed by atoms with Crippen LogP contribution >= 0.6 is 0 Å². The Kier molecular flexibility index (Phi) is 7.70. The Labute approximate surface area is 196 Å². The Hall–Kier alpha value is -2.80. The van der Waals surface area contributed by atoms with Crippen molar-refractivity contribution >= 4 is 11.8 Å². The van der Waals surface area contributed by atoms with E-state index in [-0.39, 0.29) is 17.4 Å². The molecule has 3 heterocycles. The molecule has 1 saturated carbocycles. The largest absolute Gasteiger partial charge is 0.354 e. The number of hydrogen-bond acceptors (Lipinski definition) is 5. The average molecular weight is 450 g/mol. The van der Waals surface area contributed by atoms with Crippen LogP contribution < -0.4 is 5.32 Å². The summed E-state index contributed by atoms with van der Waals surface area (Å²) in [6, 6.07) is 7.82. The second kappa shape index (κ2) is 10.9. The van der Waals surface area contributed by atoms with Gasteiger partial charge < -0.3 is 10.2 Å². The zero-order chi connectivity index (χ0) is 23.1. The molecular formula is C26H35N5O2. The first-order valence-electron chi connectivity index (χ1n) is 12.2. The van der Waals surface area contributed by atoms with Gasteiger partial charge in [-0.3, -0.25) is 24.5 Å². The third-order valence-electron chi connectivity index (χ3n) is 7.07. The summed E-state index contributed by atoms with van der Waals surface area (Å²) in [5, 5.41) is 3.10. The van der Waals surface area contributed by atoms with Crippen LogP contribution in [0.5, 0.6) is 0 Å². The van der Waals surface area contributed by atoms with Gasteiger partial charge in [-0.05, 0) is 56.0 Å². The third-order valence-corrected chi connectivity index (χ3v) is 7.07. The fourth-order valence-corrected chi connectivity index (χ4v) is 5.24. The summed E-state index contributed by atoms with van der Waals surface area (Å²) in [7, 11) is 0. The molecular weight excluding hydrogens is 414 g/mol. The smallest absolute Gasteiger partial charge is 0.255 e. The highest BCUT2D eigenvalue weighted by Crippen LogP contribution is 2.38. The fourth-order valence-electron chi connectivity index (χ4n) is 5.24. The number of carbonyl (C=O) groups excluding carboxylic acids is 2. The van der Waals surface area contributed by atoms with E-state index < -0.39 is 0 Å². The Bertz CT molecular complexity index is 925. The third kappa shape index (κ3) is 5.96. The van der Waals surface area contributed by atoms with Gasteiger partial charge in [0, 0.05) is 69.0 Å². The predicted octanol–water partition coefficient (Wildman–Crippen LogP) is 3.34. The topological polar surface area (TPSA) is 78.4 Å². The molecule has 7 heteroatoms. The molecule has 1 spiro atoms. The molecule has 2 aromatic heterocycles. The van der Waals surface area contributed by atoms with Gasteiger partial charge >= 0.3 is 0 Å². The summed E-state index contributed by atoms with van der Waals surface area (Å²) in [5.41, 5.74) is 2.58. The first-order chi connectivity index (χ1) is 16.1. The number of nitrogens with one attached hydrogen (secondary N) is 1. The van der Waals surface area contributed by atoms with Crippen molar-refractivity contribution in [2.45, 2.75) is 64.0 Å². The monoisotopic (exact) mass is 449 g/mol. The maximum atomic E-state index is 13.2. The zero-order valence-electron chi connectivity index (χ0n) is 19.6. The van der Waals surface area contributed by atoms with Crippen LogP contribution in [0.15, 0.2) is 42.9 Å². The van der Waals surface area contributed by atoms with Gasteiger partial charge in [-0.25, -0.2) is 0 Å². The summed E-state index contributed by atoms with van der Waals surface area (Å²) in [4.78, 5) is 39.0. The van der Waals surface area contributed by atoms with Gasteiger partial charge in [0.15, 0.2) is 0 Å². The van der Waals surface area contributed by atoms with Crippen LogP contribution in [0.4, 0.5) is 0 Å². The van der Waals surface area contributed by atoms with E-state index in [0.717, 1.165) is 50.9 Å². The fraction of sp³-hybridized carbons (Fsp3) is 0.538. The van der Waals surface area contributed by atoms with E-state index in [9.17, 15) is 9.59 Å². The van der Waals surface area contributed by atoms with E-state index >= 15 is 0 Å². The van der Waals surface area contributed by atoms with Crippen LogP contribution in [0.25, 0.3) is 0 Å². The standard InChI is InChI=1S/C26H35N5O2/c1-21-6-7-23(19-29-21)25(33)30-15-5-16-31(20-22-8-12-27-13-9-22)26(10-3-2-4-11-26)18-24(32)28-14-17-30/h6-9,12-13,19H,2-5,10-11,14-18,20H2,1H3,(H,28,32). The highest BCUT2D eigenvalue weighted by atomic mass is 16.2. The van der Waals surface area contributed by atoms with E-state index in [1.54, 1.807) is 6.20 Å². The summed E-state index contributed by atoms with van der Waals surface area (Å²) in [6.07, 6.45) is 12.3. The van der Waals surface area contributed by atoms with Gasteiger partial charge in [0.05, 0.1) is 5.56 Å². The molecule has 0 aromatic carbocycles. The minimum absolute atomic E-state index is 0.0240. The van der Waals surface area contributed by atoms with Crippen LogP contribution in [0.1, 0.15) is 66.6 Å². The van der Waals surface area contributed by atoms with Crippen LogP contribution in [0, 0.1) is 6.92 Å². The molecule has 0 radical (unpaired) electrons. The van der Waals surface area contributed by atoms with Crippen molar-refractivity contribution in [1.82, 2.24) is 25.1 Å². The van der Waals surface area contributed by atoms with E-state index in [1.807, 2.05) is 36.4 Å². The highest BCUT2D eigenvalue weighted by molar-refractivity contribution is 5.94. The van der Waals surface area contributed by atoms with E-state index in [2.05, 4.69) is 32.3 Å². The molecule has 1 aliphatic heterocycles. The normalized spacial score (nSPS) is 20.2. The van der Waals surface area contributed by atoms with Crippen molar-refractivity contribution in [2.24, 2.45) is 0 Å². The number of hydrogen-bond donors (Lipinski definition) is 1. The number of nitrogens with zero attached hydrogens (tertiary/aromatic N) is 4. The van der Waals surface area contributed by atoms with Crippen molar-refractivity contribution in [2.75, 3.05) is 26.2 Å². The van der Waals surface area contributed by atoms with E-state index in [1.165, 1.54) is 12.0 Å². The lowest BCUT2D eigenvalue weighted by Gasteiger charge is -2.46. The van der Waals surface area contributed by atoms with Gasteiger partial charge in [0.1, 0.15) is 0 Å². The zero-order valence-corrected chi connectivity index (χ0v) is 19.6. The molecule has 1 saturated heterocycles. The van der Waals surface area contributed by atoms with Gasteiger partial charge in [-0.15, -0.1) is 0 Å². The quantitative estimate of drug-likeness (QED) is 0.778. The molecule has 0 atom stereocenters. The predicted molar refractivity (Wildman–Crippen MR) is 128 cm³/mol. The van der Waals surface area contributed by atoms with Gasteiger partial charge in [-0.1, -0.05) is 19.3 Å². The second-order valence-corrected chi connectivity index (χ2v) is 9.42. The van der Waals surface area contributed by atoms with Crippen molar-refractivity contribution in [3.05, 3.63) is 59.7 Å². The van der Waals surface area contributed by atoms with Gasteiger partial charge in [-0.2, -0.15) is 0 Å². The molecule has 0 unspecified atom stereocenters. The minimum atomic E-state index is -0.119. The molecule has 2 aliphatic rings. The molecule has 4 rings (SSSR count). The summed E-state index contributed by atoms with van der Waals surface area (Å²) in [5.74, 6) is 0.0620. The molecule has 176 valence electrons. The highest BCUT2D eigenvalue weighted by Gasteiger charge is 2.40. The number of aryl methyl sites for hydroxylation is 1. The summed E-state index contributed by atoms with van der Waals surface area (Å²) >= 11 is 0. The molecule has 7 nitrogen and oxygen atoms in total. The Balaban J connectivity index is 1.55. The first-order valence-corrected chi connectivity index (χ1v) is 12.2. The summed E-state index contributed by atoms with van der Waals surface area (Å²) in [6.45, 7) is 5.21. The maximum Gasteiger partial charge on any atom is 0.255 e. The van der Waals surface area contributed by atoms with Crippen LogP contribution in [-0.2, 0) is 11.3 Å². The van der Waals surface area contributed by atoms with Crippen LogP contribution in [0.3, 0.4) is 0 Å². The molecule has 33 heavy (non-hydrogen) atoms. The summed E-state index contributed by atoms with van der Waals surface area (Å²) < 4.78 is 0. The SMILES string of the molecule is Cc1ccc(C(=O)N2CCCN(Cc3ccncc3)C3(CCCCC3)CC(=O)NCC2)cn1. The van der Waals surface area contributed by atoms with Crippen molar-refractivity contribution in [3.63, 3.8) is 0 Å². The van der Waals surface area contributed by atoms with Crippen molar-refractivity contribution < 1.29 is 9.59 Å². The van der Waals surface area contributed by atoms with E-state index in [4.69, 9.17) is 0 Å². The van der Waals surface area contributed by atoms with Crippen molar-refractivity contribution in [1.29, 1.82) is 0 Å². The first kappa shape index (κ1) is 23.4. The van der Waals surface area contributed by atoms with Gasteiger partial charge in [0.2, 0.25) is 5.91 Å². The molecule has 2 aromatic rings. The average Bonchev–Trinajstić information content (AvgIpc) is 2.85. The second-order valence-electron chi connectivity index (χ2n) is 9.42. The molecule has 0 bridgehead atoms. The maximum absolute atomic E-state index is 13.2. The van der Waals surface area contributed by atoms with Gasteiger partial charge in [0.25, 0.3) is 5.91 Å². The van der Waals surface area contributed by atoms with E-state index in [0.29, 0.717) is 31.6 Å². The Morgan fingerprint density at radius 2 is 1.82 bits per heavy atom. The molecule has 1 aliphatic carbocycles. The van der Waals surface area contributed by atoms with Crippen LogP contribution in [0.2, 0.25) is 0 Å². The number of pyridine rings is 2. The lowest BCUT2D eigenvalue weighted by atomic mass is 9.77. The van der Waals surface area contributed by atoms with Crippen molar-refractivity contribution in [3.8, 4) is 0 Å². The molecule has 2 amide bonds. The number of amides is 2. The number of rotatable bonds is 3. The molecule has 1 N–H and O–H groups in total. The molecule has 2 fully saturated rings. The number of carbonyl (C=O) groups is 2. The Morgan fingerprint density at radius 3 is 2.55 bits per heavy atom. The number of aromatic nitrogens is 2. The minimum Gasteiger partial charge on any atom is -0.354 e. The lowest BCUT2D eigenvalue weighted by molar-refractivity contribution is -0.125. The van der Waals surface area contributed by atoms with Crippen LogP contribution in [-0.4, -0.2) is 63.3 Å². The Morgan fingerprint density at radius 1 is 1.03 bits per heavy atom.